The molecule has 0 aliphatic carbocycles. The van der Waals surface area contributed by atoms with Crippen LogP contribution in [-0.2, 0) is 42.9 Å². The van der Waals surface area contributed by atoms with Crippen LogP contribution in [0.1, 0.15) is 41.7 Å². The molecule has 3 atom stereocenters. The highest BCUT2D eigenvalue weighted by molar-refractivity contribution is 7.93. The largest absolute Gasteiger partial charge is 0.379 e. The van der Waals surface area contributed by atoms with Gasteiger partial charge in [0.25, 0.3) is 10.0 Å². The summed E-state index contributed by atoms with van der Waals surface area (Å²) < 4.78 is 96.5. The molecule has 0 fully saturated rings. The molecule has 63 heavy (non-hydrogen) atoms. The van der Waals surface area contributed by atoms with Crippen molar-refractivity contribution in [1.29, 1.82) is 0 Å². The first-order valence-electron chi connectivity index (χ1n) is 21.2. The van der Waals surface area contributed by atoms with Gasteiger partial charge in [0.15, 0.2) is 0 Å². The second kappa shape index (κ2) is 19.2. The second-order valence-electron chi connectivity index (χ2n) is 16.8. The summed E-state index contributed by atoms with van der Waals surface area (Å²) in [5, 5.41) is 3.64. The molecule has 0 saturated heterocycles. The van der Waals surface area contributed by atoms with Gasteiger partial charge in [-0.3, -0.25) is 4.31 Å². The van der Waals surface area contributed by atoms with Crippen molar-refractivity contribution in [2.75, 3.05) is 29.3 Å². The highest BCUT2D eigenvalue weighted by Gasteiger charge is 2.43. The minimum atomic E-state index is -4.45. The number of benzene rings is 6. The van der Waals surface area contributed by atoms with Crippen molar-refractivity contribution in [3.8, 4) is 0 Å². The van der Waals surface area contributed by atoms with E-state index in [1.165, 1.54) is 12.9 Å². The number of hydrogen-bond donors (Lipinski definition) is 1. The van der Waals surface area contributed by atoms with Gasteiger partial charge in [-0.25, -0.2) is 25.3 Å². The minimum absolute atomic E-state index is 0.0191. The van der Waals surface area contributed by atoms with Gasteiger partial charge in [0.2, 0.25) is 20.0 Å². The maximum Gasteiger partial charge on any atom is 0.264 e. The lowest BCUT2D eigenvalue weighted by Gasteiger charge is -2.43. The number of sulfonamides is 3. The predicted molar refractivity (Wildman–Crippen MR) is 252 cm³/mol. The Bertz CT molecular complexity index is 2810. The number of fused-ring (bicyclic) bond motifs is 1. The number of nitrogens with one attached hydrogen (secondary N) is 1. The zero-order chi connectivity index (χ0) is 44.9. The summed E-state index contributed by atoms with van der Waals surface area (Å²) in [5.41, 5.74) is 5.12. The van der Waals surface area contributed by atoms with E-state index in [1.54, 1.807) is 97.1 Å². The van der Waals surface area contributed by atoms with E-state index < -0.39 is 54.1 Å². The Hall–Kier alpha value is -5.31. The second-order valence-corrected chi connectivity index (χ2v) is 22.5. The van der Waals surface area contributed by atoms with Crippen LogP contribution in [-0.4, -0.2) is 71.6 Å². The summed E-state index contributed by atoms with van der Waals surface area (Å²) in [6.45, 7) is 8.82. The standard InChI is InChI=1S/C50H56N4O6S3/c1-37(2)50-36-52(61(55,56)45-26-20-38(3)21-27-45)44(33-42-16-10-7-11-17-42)35-54(63(59,60)47-30-24-40(5)25-31-47)49-19-13-12-18-48(49)51-43(32-41-14-8-6-9-15-41)34-53(50)62(57,58)46-28-22-39(4)23-29-46/h6-31,37,43-44,50-51H,32-36H2,1-5H3/t43-,44-,50+/m0/s1. The van der Waals surface area contributed by atoms with Gasteiger partial charge in [-0.1, -0.05) is 140 Å². The fourth-order valence-electron chi connectivity index (χ4n) is 8.17. The molecule has 1 aliphatic rings. The van der Waals surface area contributed by atoms with Crippen LogP contribution >= 0.6 is 0 Å². The number of hydrogen-bond acceptors (Lipinski definition) is 7. The topological polar surface area (TPSA) is 124 Å². The molecular formula is C50H56N4O6S3. The molecule has 1 heterocycles. The van der Waals surface area contributed by atoms with E-state index in [0.717, 1.165) is 27.8 Å². The lowest BCUT2D eigenvalue weighted by molar-refractivity contribution is 0.189. The molecular weight excluding hydrogens is 849 g/mol. The third-order valence-corrected chi connectivity index (χ3v) is 17.4. The highest BCUT2D eigenvalue weighted by atomic mass is 32.2. The van der Waals surface area contributed by atoms with Gasteiger partial charge in [0.05, 0.1) is 32.6 Å². The lowest BCUT2D eigenvalue weighted by Crippen LogP contribution is -2.58. The number of aryl methyl sites for hydroxylation is 3. The van der Waals surface area contributed by atoms with Crippen LogP contribution in [0.25, 0.3) is 0 Å². The summed E-state index contributed by atoms with van der Waals surface area (Å²) in [6.07, 6.45) is 0.486. The van der Waals surface area contributed by atoms with E-state index in [0.29, 0.717) is 17.8 Å². The molecule has 13 heteroatoms. The molecule has 7 rings (SSSR count). The van der Waals surface area contributed by atoms with Crippen LogP contribution in [0.5, 0.6) is 0 Å². The minimum Gasteiger partial charge on any atom is -0.379 e. The van der Waals surface area contributed by atoms with Gasteiger partial charge < -0.3 is 5.32 Å². The van der Waals surface area contributed by atoms with E-state index in [9.17, 15) is 0 Å². The average molecular weight is 905 g/mol. The molecule has 0 saturated carbocycles. The van der Waals surface area contributed by atoms with Crippen molar-refractivity contribution in [2.24, 2.45) is 5.92 Å². The Balaban J connectivity index is 1.53. The number of rotatable bonds is 11. The van der Waals surface area contributed by atoms with Gasteiger partial charge in [0.1, 0.15) is 0 Å². The van der Waals surface area contributed by atoms with Gasteiger partial charge in [-0.05, 0) is 99.2 Å². The lowest BCUT2D eigenvalue weighted by atomic mass is 10.00. The Morgan fingerprint density at radius 1 is 0.492 bits per heavy atom. The van der Waals surface area contributed by atoms with Gasteiger partial charge in [-0.15, -0.1) is 0 Å². The zero-order valence-corrected chi connectivity index (χ0v) is 38.8. The maximum atomic E-state index is 15.5. The summed E-state index contributed by atoms with van der Waals surface area (Å²) in [4.78, 5) is 0.164. The summed E-state index contributed by atoms with van der Waals surface area (Å²) >= 11 is 0. The first kappa shape index (κ1) is 45.7. The van der Waals surface area contributed by atoms with E-state index >= 15 is 25.3 Å². The summed E-state index contributed by atoms with van der Waals surface area (Å²) in [7, 11) is -13.1. The first-order chi connectivity index (χ1) is 30.0. The van der Waals surface area contributed by atoms with Crippen molar-refractivity contribution in [2.45, 2.75) is 80.3 Å². The van der Waals surface area contributed by atoms with E-state index in [2.05, 4.69) is 5.32 Å². The average Bonchev–Trinajstić information content (AvgIpc) is 3.25. The van der Waals surface area contributed by atoms with Crippen molar-refractivity contribution in [3.05, 3.63) is 186 Å². The zero-order valence-electron chi connectivity index (χ0n) is 36.4. The molecule has 330 valence electrons. The third-order valence-electron chi connectivity index (χ3n) is 11.7. The predicted octanol–water partition coefficient (Wildman–Crippen LogP) is 8.86. The molecule has 10 nitrogen and oxygen atoms in total. The van der Waals surface area contributed by atoms with E-state index in [-0.39, 0.29) is 40.7 Å². The van der Waals surface area contributed by atoms with Crippen molar-refractivity contribution < 1.29 is 25.3 Å². The van der Waals surface area contributed by atoms with Gasteiger partial charge in [-0.2, -0.15) is 8.61 Å². The number of nitrogens with zero attached hydrogens (tertiary/aromatic N) is 3. The Kier molecular flexibility index (Phi) is 13.9. The molecule has 0 amide bonds. The first-order valence-corrected chi connectivity index (χ1v) is 25.6. The quantitative estimate of drug-likeness (QED) is 0.138. The maximum absolute atomic E-state index is 15.5. The Morgan fingerprint density at radius 2 is 0.921 bits per heavy atom. The van der Waals surface area contributed by atoms with Crippen LogP contribution in [0.2, 0.25) is 0 Å². The molecule has 0 unspecified atom stereocenters. The molecule has 6 aromatic carbocycles. The molecule has 0 aromatic heterocycles. The fourth-order valence-corrected chi connectivity index (χ4v) is 13.1. The van der Waals surface area contributed by atoms with Crippen molar-refractivity contribution in [1.82, 2.24) is 8.61 Å². The molecule has 1 N–H and O–H groups in total. The number of para-hydroxylation sites is 2. The highest BCUT2D eigenvalue weighted by Crippen LogP contribution is 2.36. The van der Waals surface area contributed by atoms with Crippen LogP contribution in [0.4, 0.5) is 11.4 Å². The summed E-state index contributed by atoms with van der Waals surface area (Å²) in [5.74, 6) is -0.404. The fraction of sp³-hybridized carbons (Fsp3) is 0.280. The van der Waals surface area contributed by atoms with Gasteiger partial charge in [0, 0.05) is 31.2 Å². The molecule has 1 aliphatic heterocycles. The van der Waals surface area contributed by atoms with E-state index in [4.69, 9.17) is 0 Å². The molecule has 0 radical (unpaired) electrons. The SMILES string of the molecule is Cc1ccc(S(=O)(=O)N2C[C@H](Cc3ccccc3)N(S(=O)(=O)c3ccc(C)cc3)C[C@H](C(C)C)N(S(=O)(=O)c3ccc(C)cc3)C[C@H](Cc3ccccc3)Nc3ccccc32)cc1. The smallest absolute Gasteiger partial charge is 0.264 e. The Morgan fingerprint density at radius 3 is 1.41 bits per heavy atom. The molecule has 0 spiro atoms. The molecule has 0 bridgehead atoms. The van der Waals surface area contributed by atoms with Crippen LogP contribution in [0.15, 0.2) is 172 Å². The Labute approximate surface area is 374 Å². The monoisotopic (exact) mass is 904 g/mol. The van der Waals surface area contributed by atoms with Crippen LogP contribution in [0.3, 0.4) is 0 Å². The van der Waals surface area contributed by atoms with Crippen LogP contribution < -0.4 is 9.62 Å². The van der Waals surface area contributed by atoms with Gasteiger partial charge >= 0.3 is 0 Å². The number of anilines is 2. The van der Waals surface area contributed by atoms with Crippen molar-refractivity contribution >= 4 is 41.4 Å². The van der Waals surface area contributed by atoms with E-state index in [1.807, 2.05) is 95.3 Å². The molecule has 6 aromatic rings. The van der Waals surface area contributed by atoms with Crippen molar-refractivity contribution in [3.63, 3.8) is 0 Å². The third kappa shape index (κ3) is 10.4. The summed E-state index contributed by atoms with van der Waals surface area (Å²) in [6, 6.07) is 43.5. The van der Waals surface area contributed by atoms with Crippen LogP contribution in [0, 0.1) is 26.7 Å². The normalized spacial score (nSPS) is 18.5.